The Hall–Kier alpha value is -2.45. The van der Waals surface area contributed by atoms with Gasteiger partial charge in [-0.25, -0.2) is 4.98 Å². The topological polar surface area (TPSA) is 63.5 Å². The van der Waals surface area contributed by atoms with E-state index >= 15 is 0 Å². The Labute approximate surface area is 163 Å². The molecule has 1 aromatic carbocycles. The number of rotatable bonds is 6. The van der Waals surface area contributed by atoms with Crippen LogP contribution in [0.25, 0.3) is 10.2 Å². The number of nitrogens with zero attached hydrogens (tertiary/aromatic N) is 5. The van der Waals surface area contributed by atoms with Crippen molar-refractivity contribution in [2.24, 2.45) is 7.05 Å². The first-order valence-corrected chi connectivity index (χ1v) is 9.53. The van der Waals surface area contributed by atoms with Crippen molar-refractivity contribution in [1.82, 2.24) is 19.7 Å². The third-order valence-corrected chi connectivity index (χ3v) is 5.31. The van der Waals surface area contributed by atoms with Crippen LogP contribution in [0, 0.1) is 13.8 Å². The number of carbonyl (C=O) groups is 1. The fourth-order valence-corrected chi connectivity index (χ4v) is 4.14. The normalized spacial score (nSPS) is 11.4. The third kappa shape index (κ3) is 3.96. The zero-order chi connectivity index (χ0) is 19.7. The summed E-state index contributed by atoms with van der Waals surface area (Å²) >= 11 is 1.54. The lowest BCUT2D eigenvalue weighted by atomic mass is 10.1. The van der Waals surface area contributed by atoms with Crippen LogP contribution in [0.4, 0.5) is 5.13 Å². The number of aromatic nitrogens is 3. The minimum Gasteiger partial charge on any atom is -0.479 e. The number of hydrogen-bond donors (Lipinski definition) is 0. The average molecular weight is 388 g/mol. The van der Waals surface area contributed by atoms with Crippen molar-refractivity contribution >= 4 is 32.6 Å². The molecule has 27 heavy (non-hydrogen) atoms. The van der Waals surface area contributed by atoms with E-state index in [2.05, 4.69) is 31.1 Å². The molecule has 3 aromatic rings. The predicted molar refractivity (Wildman–Crippen MR) is 109 cm³/mol. The van der Waals surface area contributed by atoms with Gasteiger partial charge in [-0.15, -0.1) is 5.10 Å². The smallest absolute Gasteiger partial charge is 0.267 e. The van der Waals surface area contributed by atoms with Gasteiger partial charge in [-0.1, -0.05) is 17.4 Å². The van der Waals surface area contributed by atoms with Gasteiger partial charge in [-0.05, 0) is 45.1 Å². The van der Waals surface area contributed by atoms with Crippen molar-refractivity contribution in [3.05, 3.63) is 35.0 Å². The van der Waals surface area contributed by atoms with Crippen LogP contribution in [0.3, 0.4) is 0 Å². The summed E-state index contributed by atoms with van der Waals surface area (Å²) in [6.45, 7) is 5.38. The highest BCUT2D eigenvalue weighted by Gasteiger charge is 2.26. The van der Waals surface area contributed by atoms with Gasteiger partial charge in [0.05, 0.1) is 17.3 Å². The molecule has 0 saturated heterocycles. The van der Waals surface area contributed by atoms with Crippen molar-refractivity contribution in [3.63, 3.8) is 0 Å². The summed E-state index contributed by atoms with van der Waals surface area (Å²) in [4.78, 5) is 21.9. The van der Waals surface area contributed by atoms with E-state index in [0.29, 0.717) is 23.1 Å². The molecule has 0 N–H and O–H groups in total. The van der Waals surface area contributed by atoms with E-state index in [9.17, 15) is 4.79 Å². The van der Waals surface area contributed by atoms with Gasteiger partial charge >= 0.3 is 0 Å². The first-order chi connectivity index (χ1) is 12.8. The summed E-state index contributed by atoms with van der Waals surface area (Å²) in [7, 11) is 7.26. The Kier molecular flexibility index (Phi) is 5.48. The molecule has 0 fully saturated rings. The van der Waals surface area contributed by atoms with Gasteiger partial charge in [-0.2, -0.15) is 0 Å². The molecular formula is C19H25N5O2S. The number of anilines is 1. The molecule has 0 aliphatic carbocycles. The maximum Gasteiger partial charge on any atom is 0.267 e. The van der Waals surface area contributed by atoms with Crippen LogP contribution in [0.1, 0.15) is 21.5 Å². The zero-order valence-electron chi connectivity index (χ0n) is 16.6. The lowest BCUT2D eigenvalue weighted by Gasteiger charge is -2.21. The largest absolute Gasteiger partial charge is 0.479 e. The summed E-state index contributed by atoms with van der Waals surface area (Å²) < 4.78 is 7.96. The molecule has 0 aliphatic heterocycles. The lowest BCUT2D eigenvalue weighted by molar-refractivity contribution is 0.0982. The van der Waals surface area contributed by atoms with Gasteiger partial charge in [0.25, 0.3) is 5.91 Å². The van der Waals surface area contributed by atoms with Crippen molar-refractivity contribution in [2.45, 2.75) is 13.8 Å². The van der Waals surface area contributed by atoms with E-state index in [0.717, 1.165) is 22.3 Å². The van der Waals surface area contributed by atoms with Gasteiger partial charge in [0.15, 0.2) is 5.13 Å². The van der Waals surface area contributed by atoms with Crippen LogP contribution >= 0.6 is 11.3 Å². The first-order valence-electron chi connectivity index (χ1n) is 8.72. The van der Waals surface area contributed by atoms with Crippen molar-refractivity contribution in [3.8, 4) is 5.88 Å². The maximum atomic E-state index is 13.3. The Morgan fingerprint density at radius 3 is 2.67 bits per heavy atom. The number of carbonyl (C=O) groups excluding carboxylic acids is 1. The Morgan fingerprint density at radius 1 is 1.26 bits per heavy atom. The van der Waals surface area contributed by atoms with Crippen LogP contribution in [0.2, 0.25) is 0 Å². The SMILES string of the molecule is COc1nn(C)cc1C(=O)N(CCN(C)C)c1nc2c(C)cc(C)cc2s1. The molecule has 0 bridgehead atoms. The van der Waals surface area contributed by atoms with E-state index in [4.69, 9.17) is 9.72 Å². The van der Waals surface area contributed by atoms with Gasteiger partial charge in [0.1, 0.15) is 5.56 Å². The minimum absolute atomic E-state index is 0.157. The number of methoxy groups -OCH3 is 1. The van der Waals surface area contributed by atoms with E-state index in [1.54, 1.807) is 22.8 Å². The van der Waals surface area contributed by atoms with Crippen LogP contribution < -0.4 is 9.64 Å². The Bertz CT molecular complexity index is 976. The number of thiazole rings is 1. The fourth-order valence-electron chi connectivity index (χ4n) is 2.97. The van der Waals surface area contributed by atoms with E-state index in [1.807, 2.05) is 19.0 Å². The zero-order valence-corrected chi connectivity index (χ0v) is 17.4. The summed E-state index contributed by atoms with van der Waals surface area (Å²) in [5.41, 5.74) is 3.69. The molecule has 0 unspecified atom stereocenters. The number of ether oxygens (including phenoxy) is 1. The van der Waals surface area contributed by atoms with Crippen LogP contribution in [-0.2, 0) is 7.05 Å². The van der Waals surface area contributed by atoms with Crippen molar-refractivity contribution in [2.75, 3.05) is 39.2 Å². The molecule has 0 aliphatic rings. The first kappa shape index (κ1) is 19.3. The molecule has 0 radical (unpaired) electrons. The number of hydrogen-bond acceptors (Lipinski definition) is 6. The Balaban J connectivity index is 2.05. The predicted octanol–water partition coefficient (Wildman–Crippen LogP) is 2.86. The number of aryl methyl sites for hydroxylation is 3. The summed E-state index contributed by atoms with van der Waals surface area (Å²) in [5.74, 6) is 0.167. The quantitative estimate of drug-likeness (QED) is 0.651. The second-order valence-electron chi connectivity index (χ2n) is 6.91. The van der Waals surface area contributed by atoms with Gasteiger partial charge in [0, 0.05) is 26.3 Å². The highest BCUT2D eigenvalue weighted by atomic mass is 32.1. The van der Waals surface area contributed by atoms with Crippen molar-refractivity contribution < 1.29 is 9.53 Å². The van der Waals surface area contributed by atoms with Crippen molar-refractivity contribution in [1.29, 1.82) is 0 Å². The second kappa shape index (κ2) is 7.66. The van der Waals surface area contributed by atoms with Gasteiger partial charge < -0.3 is 9.64 Å². The number of likely N-dealkylation sites (N-methyl/N-ethyl adjacent to an activating group) is 1. The molecule has 2 aromatic heterocycles. The molecule has 8 heteroatoms. The molecule has 2 heterocycles. The highest BCUT2D eigenvalue weighted by molar-refractivity contribution is 7.22. The van der Waals surface area contributed by atoms with E-state index in [1.165, 1.54) is 24.0 Å². The van der Waals surface area contributed by atoms with Gasteiger partial charge in [0.2, 0.25) is 5.88 Å². The van der Waals surface area contributed by atoms with E-state index in [-0.39, 0.29) is 5.91 Å². The fraction of sp³-hybridized carbons (Fsp3) is 0.421. The van der Waals surface area contributed by atoms with Crippen LogP contribution in [0.5, 0.6) is 5.88 Å². The molecule has 0 spiro atoms. The molecule has 3 rings (SSSR count). The summed E-state index contributed by atoms with van der Waals surface area (Å²) in [6, 6.07) is 4.23. The molecule has 0 atom stereocenters. The maximum absolute atomic E-state index is 13.3. The lowest BCUT2D eigenvalue weighted by Crippen LogP contribution is -2.36. The molecule has 7 nitrogen and oxygen atoms in total. The number of amides is 1. The Morgan fingerprint density at radius 2 is 2.00 bits per heavy atom. The molecule has 144 valence electrons. The number of benzene rings is 1. The van der Waals surface area contributed by atoms with Gasteiger partial charge in [-0.3, -0.25) is 14.4 Å². The van der Waals surface area contributed by atoms with Crippen LogP contribution in [-0.4, -0.2) is 59.9 Å². The standard InChI is InChI=1S/C19H25N5O2S/c1-12-9-13(2)16-15(10-12)27-19(20-16)24(8-7-22(3)4)18(25)14-11-23(5)21-17(14)26-6/h9-11H,7-8H2,1-6H3. The average Bonchev–Trinajstić information content (AvgIpc) is 3.18. The second-order valence-corrected chi connectivity index (χ2v) is 7.92. The molecule has 1 amide bonds. The summed E-state index contributed by atoms with van der Waals surface area (Å²) in [5, 5.41) is 4.90. The number of fused-ring (bicyclic) bond motifs is 1. The minimum atomic E-state index is -0.157. The molecule has 0 saturated carbocycles. The highest BCUT2D eigenvalue weighted by Crippen LogP contribution is 2.33. The third-order valence-electron chi connectivity index (χ3n) is 4.28. The van der Waals surface area contributed by atoms with Crippen LogP contribution in [0.15, 0.2) is 18.3 Å². The van der Waals surface area contributed by atoms with E-state index < -0.39 is 0 Å². The molecular weight excluding hydrogens is 362 g/mol. The summed E-state index contributed by atoms with van der Waals surface area (Å²) in [6.07, 6.45) is 1.69. The monoisotopic (exact) mass is 387 g/mol.